The van der Waals surface area contributed by atoms with Crippen molar-refractivity contribution in [1.29, 1.82) is 0 Å². The van der Waals surface area contributed by atoms with E-state index in [9.17, 15) is 9.59 Å². The first-order chi connectivity index (χ1) is 13.7. The van der Waals surface area contributed by atoms with Crippen LogP contribution in [0.4, 0.5) is 0 Å². The number of hydrogen-bond donors (Lipinski definition) is 1. The Kier molecular flexibility index (Phi) is 5.69. The highest BCUT2D eigenvalue weighted by atomic mass is 16.2. The molecule has 148 valence electrons. The summed E-state index contributed by atoms with van der Waals surface area (Å²) in [4.78, 5) is 30.9. The van der Waals surface area contributed by atoms with Crippen molar-refractivity contribution in [3.05, 3.63) is 47.5 Å². The van der Waals surface area contributed by atoms with Gasteiger partial charge >= 0.3 is 0 Å². The Bertz CT molecular complexity index is 829. The van der Waals surface area contributed by atoms with Gasteiger partial charge in [-0.3, -0.25) is 19.3 Å². The summed E-state index contributed by atoms with van der Waals surface area (Å²) < 4.78 is 1.99. The van der Waals surface area contributed by atoms with Crippen LogP contribution < -0.4 is 5.32 Å². The van der Waals surface area contributed by atoms with Crippen LogP contribution in [0.5, 0.6) is 0 Å². The molecular formula is C21H27N5O2. The molecule has 2 amide bonds. The van der Waals surface area contributed by atoms with Crippen molar-refractivity contribution in [3.63, 3.8) is 0 Å². The van der Waals surface area contributed by atoms with E-state index in [1.165, 1.54) is 6.42 Å². The third kappa shape index (κ3) is 4.40. The number of nitrogens with zero attached hydrogens (tertiary/aromatic N) is 4. The Labute approximate surface area is 165 Å². The third-order valence-corrected chi connectivity index (χ3v) is 5.63. The quantitative estimate of drug-likeness (QED) is 0.831. The van der Waals surface area contributed by atoms with Gasteiger partial charge in [0.1, 0.15) is 0 Å². The van der Waals surface area contributed by atoms with Crippen LogP contribution in [-0.2, 0) is 35.6 Å². The fourth-order valence-corrected chi connectivity index (χ4v) is 3.77. The number of hydrogen-bond acceptors (Lipinski definition) is 4. The molecule has 0 radical (unpaired) electrons. The molecule has 0 atom stereocenters. The van der Waals surface area contributed by atoms with E-state index in [2.05, 4.69) is 15.4 Å². The molecule has 4 rings (SSSR count). The monoisotopic (exact) mass is 381 g/mol. The van der Waals surface area contributed by atoms with E-state index in [-0.39, 0.29) is 11.8 Å². The first kappa shape index (κ1) is 18.7. The van der Waals surface area contributed by atoms with Crippen molar-refractivity contribution in [2.45, 2.75) is 58.2 Å². The lowest BCUT2D eigenvalue weighted by molar-refractivity contribution is -0.138. The van der Waals surface area contributed by atoms with Crippen molar-refractivity contribution >= 4 is 11.8 Å². The molecule has 0 bridgehead atoms. The lowest BCUT2D eigenvalue weighted by Gasteiger charge is -2.30. The predicted octanol–water partition coefficient (Wildman–Crippen LogP) is 2.06. The molecule has 1 aliphatic carbocycles. The van der Waals surface area contributed by atoms with Gasteiger partial charge in [0.05, 0.1) is 24.5 Å². The van der Waals surface area contributed by atoms with Crippen molar-refractivity contribution in [1.82, 2.24) is 25.0 Å². The second-order valence-corrected chi connectivity index (χ2v) is 7.69. The minimum absolute atomic E-state index is 0.00404. The first-order valence-electron chi connectivity index (χ1n) is 10.2. The van der Waals surface area contributed by atoms with E-state index in [1.807, 2.05) is 33.8 Å². The smallest absolute Gasteiger partial charge is 0.226 e. The van der Waals surface area contributed by atoms with Crippen LogP contribution in [0.1, 0.15) is 49.2 Å². The molecule has 2 aromatic heterocycles. The molecule has 7 heteroatoms. The maximum atomic E-state index is 12.6. The summed E-state index contributed by atoms with van der Waals surface area (Å²) in [5.41, 5.74) is 2.82. The maximum absolute atomic E-state index is 12.6. The van der Waals surface area contributed by atoms with E-state index in [4.69, 9.17) is 0 Å². The Morgan fingerprint density at radius 3 is 2.79 bits per heavy atom. The molecule has 1 fully saturated rings. The average Bonchev–Trinajstić information content (AvgIpc) is 2.94. The van der Waals surface area contributed by atoms with E-state index < -0.39 is 0 Å². The second-order valence-electron chi connectivity index (χ2n) is 7.69. The lowest BCUT2D eigenvalue weighted by Crippen LogP contribution is -2.38. The molecule has 0 aromatic carbocycles. The van der Waals surface area contributed by atoms with Gasteiger partial charge in [0.15, 0.2) is 0 Å². The van der Waals surface area contributed by atoms with Gasteiger partial charge in [-0.05, 0) is 43.9 Å². The van der Waals surface area contributed by atoms with Crippen LogP contribution in [0.25, 0.3) is 0 Å². The summed E-state index contributed by atoms with van der Waals surface area (Å²) in [5, 5.41) is 7.57. The molecule has 1 N–H and O–H groups in total. The van der Waals surface area contributed by atoms with E-state index >= 15 is 0 Å². The standard InChI is InChI=1S/C21H27N5O2/c27-20(9-8-17-7-1-2-10-22-17)23-14-18-13-19-15-25(11-4-12-26(19)24-18)21(28)16-5-3-6-16/h1-2,7,10,13,16H,3-6,8-9,11-12,14-15H2,(H,23,27). The van der Waals surface area contributed by atoms with Crippen LogP contribution in [0.3, 0.4) is 0 Å². The summed E-state index contributed by atoms with van der Waals surface area (Å²) in [7, 11) is 0. The van der Waals surface area contributed by atoms with Crippen LogP contribution >= 0.6 is 0 Å². The zero-order valence-corrected chi connectivity index (χ0v) is 16.1. The van der Waals surface area contributed by atoms with E-state index in [0.717, 1.165) is 49.4 Å². The Morgan fingerprint density at radius 1 is 1.14 bits per heavy atom. The molecule has 2 aliphatic rings. The van der Waals surface area contributed by atoms with E-state index in [0.29, 0.717) is 31.8 Å². The number of carbonyl (C=O) groups excluding carboxylic acids is 2. The SMILES string of the molecule is O=C(CCc1ccccn1)NCc1cc2n(n1)CCCN(C(=O)C1CCC1)C2. The zero-order chi connectivity index (χ0) is 19.3. The molecule has 0 spiro atoms. The Hall–Kier alpha value is -2.70. The van der Waals surface area contributed by atoms with Gasteiger partial charge in [0, 0.05) is 37.3 Å². The van der Waals surface area contributed by atoms with Crippen molar-refractivity contribution in [2.75, 3.05) is 6.54 Å². The van der Waals surface area contributed by atoms with Gasteiger partial charge in [-0.2, -0.15) is 5.10 Å². The maximum Gasteiger partial charge on any atom is 0.226 e. The molecular weight excluding hydrogens is 354 g/mol. The van der Waals surface area contributed by atoms with Crippen LogP contribution in [0, 0.1) is 5.92 Å². The Morgan fingerprint density at radius 2 is 2.04 bits per heavy atom. The second kappa shape index (κ2) is 8.54. The topological polar surface area (TPSA) is 80.1 Å². The van der Waals surface area contributed by atoms with Crippen LogP contribution in [0.15, 0.2) is 30.5 Å². The van der Waals surface area contributed by atoms with Gasteiger partial charge in [0.2, 0.25) is 11.8 Å². The fraction of sp³-hybridized carbons (Fsp3) is 0.524. The molecule has 28 heavy (non-hydrogen) atoms. The number of nitrogens with one attached hydrogen (secondary N) is 1. The molecule has 7 nitrogen and oxygen atoms in total. The lowest BCUT2D eigenvalue weighted by atomic mass is 9.84. The number of rotatable bonds is 6. The first-order valence-corrected chi connectivity index (χ1v) is 10.2. The van der Waals surface area contributed by atoms with Gasteiger partial charge in [-0.25, -0.2) is 0 Å². The number of pyridine rings is 1. The van der Waals surface area contributed by atoms with Crippen molar-refractivity contribution < 1.29 is 9.59 Å². The van der Waals surface area contributed by atoms with Crippen molar-refractivity contribution in [2.24, 2.45) is 5.92 Å². The number of amides is 2. The van der Waals surface area contributed by atoms with Crippen molar-refractivity contribution in [3.8, 4) is 0 Å². The van der Waals surface area contributed by atoms with Gasteiger partial charge in [-0.15, -0.1) is 0 Å². The van der Waals surface area contributed by atoms with Gasteiger partial charge < -0.3 is 10.2 Å². The fourth-order valence-electron chi connectivity index (χ4n) is 3.77. The van der Waals surface area contributed by atoms with Crippen LogP contribution in [-0.4, -0.2) is 38.0 Å². The number of aryl methyl sites for hydroxylation is 2. The minimum Gasteiger partial charge on any atom is -0.350 e. The molecule has 1 saturated carbocycles. The largest absolute Gasteiger partial charge is 0.350 e. The molecule has 3 heterocycles. The number of aromatic nitrogens is 3. The highest BCUT2D eigenvalue weighted by molar-refractivity contribution is 5.79. The third-order valence-electron chi connectivity index (χ3n) is 5.63. The number of fused-ring (bicyclic) bond motifs is 1. The minimum atomic E-state index is -0.00404. The van der Waals surface area contributed by atoms with E-state index in [1.54, 1.807) is 6.20 Å². The Balaban J connectivity index is 1.29. The average molecular weight is 381 g/mol. The van der Waals surface area contributed by atoms with Crippen LogP contribution in [0.2, 0.25) is 0 Å². The molecule has 0 saturated heterocycles. The molecule has 0 unspecified atom stereocenters. The number of carbonyl (C=O) groups is 2. The summed E-state index contributed by atoms with van der Waals surface area (Å²) >= 11 is 0. The van der Waals surface area contributed by atoms with Gasteiger partial charge in [-0.1, -0.05) is 12.5 Å². The molecule has 2 aromatic rings. The van der Waals surface area contributed by atoms with Gasteiger partial charge in [0.25, 0.3) is 0 Å². The molecule has 1 aliphatic heterocycles. The summed E-state index contributed by atoms with van der Waals surface area (Å²) in [6.07, 6.45) is 6.94. The summed E-state index contributed by atoms with van der Waals surface area (Å²) in [5.74, 6) is 0.522. The highest BCUT2D eigenvalue weighted by Crippen LogP contribution is 2.29. The zero-order valence-electron chi connectivity index (χ0n) is 16.1. The predicted molar refractivity (Wildman–Crippen MR) is 104 cm³/mol. The summed E-state index contributed by atoms with van der Waals surface area (Å²) in [6, 6.07) is 7.74. The highest BCUT2D eigenvalue weighted by Gasteiger charge is 2.30. The summed E-state index contributed by atoms with van der Waals surface area (Å²) in [6.45, 7) is 2.66. The normalized spacial score (nSPS) is 16.8.